The van der Waals surface area contributed by atoms with Gasteiger partial charge in [0.1, 0.15) is 11.4 Å². The number of ether oxygens (including phenoxy) is 1. The smallest absolute Gasteiger partial charge is 0.410 e. The highest BCUT2D eigenvalue weighted by Crippen LogP contribution is 2.34. The molecule has 5 nitrogen and oxygen atoms in total. The van der Waals surface area contributed by atoms with E-state index in [9.17, 15) is 18.7 Å². The molecule has 1 aliphatic rings. The van der Waals surface area contributed by atoms with Gasteiger partial charge in [0.05, 0.1) is 18.3 Å². The molecule has 0 spiro atoms. The summed E-state index contributed by atoms with van der Waals surface area (Å²) >= 11 is 3.24. The highest BCUT2D eigenvalue weighted by atomic mass is 79.9. The average molecular weight is 407 g/mol. The summed E-state index contributed by atoms with van der Waals surface area (Å²) in [6.45, 7) is 4.49. The van der Waals surface area contributed by atoms with E-state index in [-0.39, 0.29) is 24.4 Å². The molecule has 1 amide bonds. The predicted molar refractivity (Wildman–Crippen MR) is 90.6 cm³/mol. The molecule has 2 rings (SSSR count). The van der Waals surface area contributed by atoms with Crippen LogP contribution in [0, 0.1) is 0 Å². The van der Waals surface area contributed by atoms with Crippen LogP contribution in [-0.2, 0) is 4.74 Å². The number of carbonyl (C=O) groups excluding carboxylic acids is 1. The molecule has 1 heterocycles. The van der Waals surface area contributed by atoms with Crippen molar-refractivity contribution in [2.24, 2.45) is 0 Å². The standard InChI is InChI=1S/C16H21BrF2N2O3/c1-15(2,3)24-14(23)21-7-6-13(16(18,19)9-21)20-11-8-10(17)4-5-12(11)22/h4-5,8,13,20,22H,6-7,9H2,1-3H3. The highest BCUT2D eigenvalue weighted by Gasteiger charge is 2.47. The minimum absolute atomic E-state index is 0.0399. The largest absolute Gasteiger partial charge is 0.506 e. The minimum Gasteiger partial charge on any atom is -0.506 e. The lowest BCUT2D eigenvalue weighted by atomic mass is 10.0. The first kappa shape index (κ1) is 18.8. The van der Waals surface area contributed by atoms with Gasteiger partial charge in [-0.25, -0.2) is 13.6 Å². The van der Waals surface area contributed by atoms with Gasteiger partial charge in [-0.3, -0.25) is 0 Å². The second-order valence-electron chi connectivity index (χ2n) is 6.81. The minimum atomic E-state index is -3.15. The van der Waals surface area contributed by atoms with Crippen LogP contribution in [-0.4, -0.2) is 46.8 Å². The summed E-state index contributed by atoms with van der Waals surface area (Å²) in [5.74, 6) is -3.26. The highest BCUT2D eigenvalue weighted by molar-refractivity contribution is 9.10. The number of amides is 1. The van der Waals surface area contributed by atoms with Crippen LogP contribution in [0.5, 0.6) is 5.75 Å². The summed E-state index contributed by atoms with van der Waals surface area (Å²) in [4.78, 5) is 13.0. The van der Waals surface area contributed by atoms with Crippen molar-refractivity contribution in [3.05, 3.63) is 22.7 Å². The molecule has 0 aliphatic carbocycles. The molecule has 1 saturated heterocycles. The van der Waals surface area contributed by atoms with E-state index < -0.39 is 30.2 Å². The Kier molecular flexibility index (Phi) is 5.27. The van der Waals surface area contributed by atoms with E-state index in [0.29, 0.717) is 4.47 Å². The first-order chi connectivity index (χ1) is 11.0. The number of nitrogens with one attached hydrogen (secondary N) is 1. The number of aromatic hydroxyl groups is 1. The number of hydrogen-bond donors (Lipinski definition) is 2. The van der Waals surface area contributed by atoms with Crippen LogP contribution in [0.25, 0.3) is 0 Å². The van der Waals surface area contributed by atoms with Gasteiger partial charge in [0, 0.05) is 11.0 Å². The molecule has 8 heteroatoms. The van der Waals surface area contributed by atoms with Crippen LogP contribution in [0.1, 0.15) is 27.2 Å². The van der Waals surface area contributed by atoms with Gasteiger partial charge in [0.2, 0.25) is 0 Å². The first-order valence-corrected chi connectivity index (χ1v) is 8.38. The van der Waals surface area contributed by atoms with Gasteiger partial charge in [-0.1, -0.05) is 15.9 Å². The van der Waals surface area contributed by atoms with Gasteiger partial charge in [-0.15, -0.1) is 0 Å². The molecule has 1 aromatic carbocycles. The fourth-order valence-corrected chi connectivity index (χ4v) is 2.77. The van der Waals surface area contributed by atoms with Crippen LogP contribution in [0.2, 0.25) is 0 Å². The average Bonchev–Trinajstić information content (AvgIpc) is 2.42. The second kappa shape index (κ2) is 6.74. The summed E-state index contributed by atoms with van der Waals surface area (Å²) in [6.07, 6.45) is -0.705. The molecule has 2 N–H and O–H groups in total. The van der Waals surface area contributed by atoms with Crippen molar-refractivity contribution < 1.29 is 23.4 Å². The third-order valence-electron chi connectivity index (χ3n) is 3.54. The summed E-state index contributed by atoms with van der Waals surface area (Å²) in [6, 6.07) is 3.38. The van der Waals surface area contributed by atoms with E-state index in [2.05, 4.69) is 21.2 Å². The lowest BCUT2D eigenvalue weighted by molar-refractivity contribution is -0.0770. The number of piperidine rings is 1. The Morgan fingerprint density at radius 1 is 1.46 bits per heavy atom. The molecule has 1 atom stereocenters. The van der Waals surface area contributed by atoms with Crippen LogP contribution >= 0.6 is 15.9 Å². The molecule has 1 aliphatic heterocycles. The maximum atomic E-state index is 14.4. The van der Waals surface area contributed by atoms with Crippen LogP contribution in [0.15, 0.2) is 22.7 Å². The summed E-state index contributed by atoms with van der Waals surface area (Å²) in [7, 11) is 0. The van der Waals surface area contributed by atoms with Crippen LogP contribution in [0.3, 0.4) is 0 Å². The van der Waals surface area contributed by atoms with Gasteiger partial charge >= 0.3 is 6.09 Å². The Morgan fingerprint density at radius 2 is 2.12 bits per heavy atom. The Bertz CT molecular complexity index is 620. The Hall–Kier alpha value is -1.57. The lowest BCUT2D eigenvalue weighted by Gasteiger charge is -2.39. The zero-order chi connectivity index (χ0) is 18.1. The van der Waals surface area contributed by atoms with Crippen LogP contribution in [0.4, 0.5) is 19.3 Å². The number of nitrogens with zero attached hydrogens (tertiary/aromatic N) is 1. The molecular formula is C16H21BrF2N2O3. The molecule has 0 aromatic heterocycles. The number of alkyl halides is 2. The Labute approximate surface area is 148 Å². The van der Waals surface area contributed by atoms with Crippen molar-refractivity contribution in [3.8, 4) is 5.75 Å². The lowest BCUT2D eigenvalue weighted by Crippen LogP contribution is -2.56. The molecule has 24 heavy (non-hydrogen) atoms. The summed E-state index contributed by atoms with van der Waals surface area (Å²) in [5.41, 5.74) is -0.511. The monoisotopic (exact) mass is 406 g/mol. The van der Waals surface area contributed by atoms with Crippen molar-refractivity contribution in [2.75, 3.05) is 18.4 Å². The maximum Gasteiger partial charge on any atom is 0.410 e. The van der Waals surface area contributed by atoms with Crippen molar-refractivity contribution >= 4 is 27.7 Å². The quantitative estimate of drug-likeness (QED) is 0.722. The number of benzene rings is 1. The van der Waals surface area contributed by atoms with Gasteiger partial charge in [0.25, 0.3) is 5.92 Å². The molecule has 0 saturated carbocycles. The van der Waals surface area contributed by atoms with Gasteiger partial charge in [0.15, 0.2) is 0 Å². The maximum absolute atomic E-state index is 14.4. The van der Waals surface area contributed by atoms with E-state index in [1.807, 2.05) is 0 Å². The Balaban J connectivity index is 2.06. The normalized spacial score (nSPS) is 20.6. The number of phenols is 1. The third kappa shape index (κ3) is 4.72. The third-order valence-corrected chi connectivity index (χ3v) is 4.03. The number of phenolic OH excluding ortho intramolecular Hbond substituents is 1. The van der Waals surface area contributed by atoms with Gasteiger partial charge in [-0.05, 0) is 45.4 Å². The number of anilines is 1. The predicted octanol–water partition coefficient (Wildman–Crippen LogP) is 4.21. The molecule has 1 unspecified atom stereocenters. The molecular weight excluding hydrogens is 386 g/mol. The molecule has 0 bridgehead atoms. The molecule has 1 fully saturated rings. The van der Waals surface area contributed by atoms with Crippen molar-refractivity contribution in [1.29, 1.82) is 0 Å². The number of halogens is 3. The van der Waals surface area contributed by atoms with E-state index in [0.717, 1.165) is 4.90 Å². The first-order valence-electron chi connectivity index (χ1n) is 7.59. The molecule has 1 aromatic rings. The Morgan fingerprint density at radius 3 is 2.71 bits per heavy atom. The van der Waals surface area contributed by atoms with E-state index >= 15 is 0 Å². The summed E-state index contributed by atoms with van der Waals surface area (Å²) < 4.78 is 34.7. The van der Waals surface area contributed by atoms with Gasteiger partial charge in [-0.2, -0.15) is 0 Å². The zero-order valence-electron chi connectivity index (χ0n) is 13.8. The topological polar surface area (TPSA) is 61.8 Å². The fraction of sp³-hybridized carbons (Fsp3) is 0.562. The van der Waals surface area contributed by atoms with Crippen molar-refractivity contribution in [2.45, 2.75) is 44.8 Å². The summed E-state index contributed by atoms with van der Waals surface area (Å²) in [5, 5.41) is 12.5. The fourth-order valence-electron chi connectivity index (χ4n) is 2.41. The molecule has 134 valence electrons. The SMILES string of the molecule is CC(C)(C)OC(=O)N1CCC(Nc2cc(Br)ccc2O)C(F)(F)C1. The number of carbonyl (C=O) groups is 1. The van der Waals surface area contributed by atoms with E-state index in [4.69, 9.17) is 4.74 Å². The van der Waals surface area contributed by atoms with E-state index in [1.54, 1.807) is 26.8 Å². The van der Waals surface area contributed by atoms with Crippen molar-refractivity contribution in [3.63, 3.8) is 0 Å². The zero-order valence-corrected chi connectivity index (χ0v) is 15.4. The number of likely N-dealkylation sites (tertiary alicyclic amines) is 1. The second-order valence-corrected chi connectivity index (χ2v) is 7.73. The van der Waals surface area contributed by atoms with Gasteiger partial charge < -0.3 is 20.1 Å². The number of hydrogen-bond acceptors (Lipinski definition) is 4. The van der Waals surface area contributed by atoms with Crippen LogP contribution < -0.4 is 5.32 Å². The van der Waals surface area contributed by atoms with Crippen molar-refractivity contribution in [1.82, 2.24) is 4.90 Å². The van der Waals surface area contributed by atoms with E-state index in [1.165, 1.54) is 12.1 Å². The molecule has 0 radical (unpaired) electrons. The number of rotatable bonds is 2.